The first-order valence-electron chi connectivity index (χ1n) is 6.39. The molecule has 20 heavy (non-hydrogen) atoms. The number of rotatable bonds is 3. The van der Waals surface area contributed by atoms with Crippen LogP contribution in [-0.4, -0.2) is 62.0 Å². The van der Waals surface area contributed by atoms with E-state index in [-0.39, 0.29) is 12.4 Å². The highest BCUT2D eigenvalue weighted by Gasteiger charge is 2.46. The monoisotopic (exact) mass is 285 g/mol. The number of methoxy groups -OCH3 is 1. The lowest BCUT2D eigenvalue weighted by Gasteiger charge is -2.43. The third-order valence-corrected chi connectivity index (χ3v) is 4.02. The highest BCUT2D eigenvalue weighted by molar-refractivity contribution is 5.84. The number of aliphatic hydroxyl groups is 3. The van der Waals surface area contributed by atoms with Gasteiger partial charge in [0, 0.05) is 5.41 Å². The SMILES string of the molecule is COC(=O)c1ncn([C@@H]2CCC(C)(CO)[C@@H](O)[C@H]2O)n1. The van der Waals surface area contributed by atoms with E-state index in [0.717, 1.165) is 0 Å². The maximum Gasteiger partial charge on any atom is 0.377 e. The summed E-state index contributed by atoms with van der Waals surface area (Å²) in [6, 6.07) is -0.490. The zero-order chi connectivity index (χ0) is 14.9. The van der Waals surface area contributed by atoms with Gasteiger partial charge < -0.3 is 20.1 Å². The molecule has 1 aliphatic rings. The lowest BCUT2D eigenvalue weighted by molar-refractivity contribution is -0.128. The number of ether oxygens (including phenoxy) is 1. The van der Waals surface area contributed by atoms with Gasteiger partial charge in [-0.2, -0.15) is 0 Å². The Kier molecular flexibility index (Phi) is 4.07. The molecular formula is C12H19N3O5. The second-order valence-electron chi connectivity index (χ2n) is 5.39. The van der Waals surface area contributed by atoms with E-state index in [1.54, 1.807) is 6.92 Å². The Bertz CT molecular complexity index is 491. The Hall–Kier alpha value is -1.51. The molecule has 112 valence electrons. The first-order valence-corrected chi connectivity index (χ1v) is 6.39. The number of esters is 1. The van der Waals surface area contributed by atoms with Gasteiger partial charge in [0.15, 0.2) is 0 Å². The zero-order valence-electron chi connectivity index (χ0n) is 11.4. The lowest BCUT2D eigenvalue weighted by Crippen LogP contribution is -2.51. The van der Waals surface area contributed by atoms with Crippen LogP contribution in [0.4, 0.5) is 0 Å². The average molecular weight is 285 g/mol. The molecule has 0 aliphatic heterocycles. The van der Waals surface area contributed by atoms with Gasteiger partial charge in [-0.1, -0.05) is 6.92 Å². The summed E-state index contributed by atoms with van der Waals surface area (Å²) < 4.78 is 5.87. The smallest absolute Gasteiger partial charge is 0.377 e. The van der Waals surface area contributed by atoms with Crippen LogP contribution in [0.25, 0.3) is 0 Å². The Balaban J connectivity index is 2.18. The van der Waals surface area contributed by atoms with Crippen LogP contribution in [-0.2, 0) is 4.74 Å². The lowest BCUT2D eigenvalue weighted by atomic mass is 9.71. The van der Waals surface area contributed by atoms with Crippen molar-refractivity contribution in [1.82, 2.24) is 14.8 Å². The predicted molar refractivity (Wildman–Crippen MR) is 66.8 cm³/mol. The van der Waals surface area contributed by atoms with Crippen LogP contribution >= 0.6 is 0 Å². The number of carbonyl (C=O) groups excluding carboxylic acids is 1. The topological polar surface area (TPSA) is 118 Å². The van der Waals surface area contributed by atoms with Gasteiger partial charge in [-0.25, -0.2) is 14.5 Å². The van der Waals surface area contributed by atoms with Crippen LogP contribution in [0, 0.1) is 5.41 Å². The van der Waals surface area contributed by atoms with Gasteiger partial charge in [-0.3, -0.25) is 0 Å². The van der Waals surface area contributed by atoms with Gasteiger partial charge in [0.2, 0.25) is 0 Å². The fourth-order valence-electron chi connectivity index (χ4n) is 2.50. The third-order valence-electron chi connectivity index (χ3n) is 4.02. The van der Waals surface area contributed by atoms with Crippen LogP contribution in [0.15, 0.2) is 6.33 Å². The molecule has 1 heterocycles. The second kappa shape index (κ2) is 5.47. The highest BCUT2D eigenvalue weighted by atomic mass is 16.5. The maximum absolute atomic E-state index is 11.3. The minimum Gasteiger partial charge on any atom is -0.463 e. The molecular weight excluding hydrogens is 266 g/mol. The molecule has 0 bridgehead atoms. The third kappa shape index (κ3) is 2.41. The van der Waals surface area contributed by atoms with E-state index in [9.17, 15) is 20.1 Å². The first-order chi connectivity index (χ1) is 9.42. The van der Waals surface area contributed by atoms with Gasteiger partial charge >= 0.3 is 5.97 Å². The molecule has 2 rings (SSSR count). The van der Waals surface area contributed by atoms with E-state index in [1.165, 1.54) is 18.1 Å². The molecule has 0 amide bonds. The fourth-order valence-corrected chi connectivity index (χ4v) is 2.50. The molecule has 4 atom stereocenters. The van der Waals surface area contributed by atoms with Crippen molar-refractivity contribution in [3.8, 4) is 0 Å². The number of carbonyl (C=O) groups is 1. The Morgan fingerprint density at radius 1 is 1.60 bits per heavy atom. The van der Waals surface area contributed by atoms with Crippen molar-refractivity contribution in [3.63, 3.8) is 0 Å². The molecule has 8 heteroatoms. The van der Waals surface area contributed by atoms with Crippen LogP contribution in [0.2, 0.25) is 0 Å². The standard InChI is InChI=1S/C12H19N3O5/c1-12(5-16)4-3-7(8(17)9(12)18)15-6-13-10(14-15)11(19)20-2/h6-9,16-18H,3-5H2,1-2H3/t7-,8+,9+,12?/m1/s1. The molecule has 3 N–H and O–H groups in total. The van der Waals surface area contributed by atoms with Crippen molar-refractivity contribution < 1.29 is 24.9 Å². The normalized spacial score (nSPS) is 34.0. The maximum atomic E-state index is 11.3. The van der Waals surface area contributed by atoms with E-state index in [2.05, 4.69) is 14.8 Å². The molecule has 1 aromatic rings. The number of hydrogen-bond donors (Lipinski definition) is 3. The van der Waals surface area contributed by atoms with E-state index in [4.69, 9.17) is 0 Å². The molecule has 1 saturated carbocycles. The van der Waals surface area contributed by atoms with Crippen LogP contribution in [0.5, 0.6) is 0 Å². The van der Waals surface area contributed by atoms with Gasteiger partial charge in [0.25, 0.3) is 5.82 Å². The molecule has 1 aromatic heterocycles. The van der Waals surface area contributed by atoms with E-state index >= 15 is 0 Å². The van der Waals surface area contributed by atoms with Crippen molar-refractivity contribution in [2.24, 2.45) is 5.41 Å². The summed E-state index contributed by atoms with van der Waals surface area (Å²) in [6.45, 7) is 1.51. The predicted octanol–water partition coefficient (Wildman–Crippen LogP) is -0.880. The van der Waals surface area contributed by atoms with Crippen LogP contribution < -0.4 is 0 Å². The highest BCUT2D eigenvalue weighted by Crippen LogP contribution is 2.40. The number of nitrogens with zero attached hydrogens (tertiary/aromatic N) is 3. The van der Waals surface area contributed by atoms with Crippen molar-refractivity contribution in [1.29, 1.82) is 0 Å². The number of aromatic nitrogens is 3. The van der Waals surface area contributed by atoms with Gasteiger partial charge in [0.05, 0.1) is 25.9 Å². The first kappa shape index (κ1) is 14.9. The van der Waals surface area contributed by atoms with Crippen molar-refractivity contribution >= 4 is 5.97 Å². The van der Waals surface area contributed by atoms with Gasteiger partial charge in [0.1, 0.15) is 12.4 Å². The average Bonchev–Trinajstić information content (AvgIpc) is 2.93. The molecule has 1 aliphatic carbocycles. The second-order valence-corrected chi connectivity index (χ2v) is 5.39. The summed E-state index contributed by atoms with van der Waals surface area (Å²) >= 11 is 0. The summed E-state index contributed by atoms with van der Waals surface area (Å²) in [5.74, 6) is -0.750. The molecule has 0 spiro atoms. The molecule has 1 unspecified atom stereocenters. The quantitative estimate of drug-likeness (QED) is 0.617. The number of aliphatic hydroxyl groups excluding tert-OH is 3. The summed E-state index contributed by atoms with van der Waals surface area (Å²) in [6.07, 6.45) is 0.207. The minimum atomic E-state index is -1.09. The largest absolute Gasteiger partial charge is 0.463 e. The van der Waals surface area contributed by atoms with Crippen molar-refractivity contribution in [3.05, 3.63) is 12.2 Å². The summed E-state index contributed by atoms with van der Waals surface area (Å²) in [5.41, 5.74) is -0.734. The number of hydrogen-bond acceptors (Lipinski definition) is 7. The van der Waals surface area contributed by atoms with Crippen molar-refractivity contribution in [2.45, 2.75) is 38.0 Å². The molecule has 1 fully saturated rings. The molecule has 8 nitrogen and oxygen atoms in total. The Morgan fingerprint density at radius 2 is 2.30 bits per heavy atom. The fraction of sp³-hybridized carbons (Fsp3) is 0.750. The zero-order valence-corrected chi connectivity index (χ0v) is 11.4. The summed E-state index contributed by atoms with van der Waals surface area (Å²) in [7, 11) is 1.23. The minimum absolute atomic E-state index is 0.0929. The molecule has 0 saturated heterocycles. The Labute approximate surface area is 116 Å². The van der Waals surface area contributed by atoms with Gasteiger partial charge in [-0.15, -0.1) is 5.10 Å². The van der Waals surface area contributed by atoms with Crippen molar-refractivity contribution in [2.75, 3.05) is 13.7 Å². The van der Waals surface area contributed by atoms with Crippen LogP contribution in [0.3, 0.4) is 0 Å². The molecule has 0 radical (unpaired) electrons. The summed E-state index contributed by atoms with van der Waals surface area (Å²) in [4.78, 5) is 15.1. The van der Waals surface area contributed by atoms with E-state index in [1.807, 2.05) is 0 Å². The van der Waals surface area contributed by atoms with Crippen LogP contribution in [0.1, 0.15) is 36.4 Å². The molecule has 0 aromatic carbocycles. The van der Waals surface area contributed by atoms with E-state index < -0.39 is 29.6 Å². The Morgan fingerprint density at radius 3 is 2.90 bits per heavy atom. The summed E-state index contributed by atoms with van der Waals surface area (Å²) in [5, 5.41) is 33.6. The van der Waals surface area contributed by atoms with E-state index in [0.29, 0.717) is 12.8 Å². The van der Waals surface area contributed by atoms with Gasteiger partial charge in [-0.05, 0) is 12.8 Å².